The van der Waals surface area contributed by atoms with E-state index in [0.29, 0.717) is 0 Å². The monoisotopic (exact) mass is 228 g/mol. The lowest BCUT2D eigenvalue weighted by Gasteiger charge is -2.29. The second-order valence-corrected chi connectivity index (χ2v) is 4.69. The van der Waals surface area contributed by atoms with Crippen LogP contribution in [0.3, 0.4) is 0 Å². The van der Waals surface area contributed by atoms with Gasteiger partial charge >= 0.3 is 0 Å². The quantitative estimate of drug-likeness (QED) is 0.673. The molecule has 1 aliphatic heterocycles. The largest absolute Gasteiger partial charge is 0.383 e. The normalized spacial score (nSPS) is 23.2. The smallest absolute Gasteiger partial charge is 0.0587 e. The second-order valence-electron chi connectivity index (χ2n) is 4.69. The summed E-state index contributed by atoms with van der Waals surface area (Å²) in [6.45, 7) is 7.70. The number of nitrogens with zero attached hydrogens (tertiary/aromatic N) is 1. The highest BCUT2D eigenvalue weighted by Crippen LogP contribution is 2.18. The van der Waals surface area contributed by atoms with Crippen LogP contribution in [-0.4, -0.2) is 50.8 Å². The molecule has 3 heteroatoms. The van der Waals surface area contributed by atoms with Gasteiger partial charge in [0.15, 0.2) is 0 Å². The molecule has 1 saturated heterocycles. The summed E-state index contributed by atoms with van der Waals surface area (Å²) in [7, 11) is 1.75. The van der Waals surface area contributed by atoms with Crippen LogP contribution < -0.4 is 5.32 Å². The summed E-state index contributed by atoms with van der Waals surface area (Å²) in [6.07, 6.45) is 6.93. The van der Waals surface area contributed by atoms with E-state index >= 15 is 0 Å². The fourth-order valence-corrected chi connectivity index (χ4v) is 2.52. The summed E-state index contributed by atoms with van der Waals surface area (Å²) in [5.41, 5.74) is 0. The zero-order chi connectivity index (χ0) is 11.6. The van der Waals surface area contributed by atoms with Crippen LogP contribution in [-0.2, 0) is 4.74 Å². The van der Waals surface area contributed by atoms with Crippen molar-refractivity contribution < 1.29 is 4.74 Å². The highest BCUT2D eigenvalue weighted by Gasteiger charge is 2.18. The molecule has 0 aliphatic carbocycles. The molecule has 0 bridgehead atoms. The first kappa shape index (κ1) is 13.9. The van der Waals surface area contributed by atoms with E-state index in [-0.39, 0.29) is 0 Å². The Morgan fingerprint density at radius 3 is 2.88 bits per heavy atom. The third-order valence-corrected chi connectivity index (χ3v) is 3.53. The molecule has 0 amide bonds. The number of ether oxygens (including phenoxy) is 1. The maximum Gasteiger partial charge on any atom is 0.0587 e. The Morgan fingerprint density at radius 1 is 1.25 bits per heavy atom. The zero-order valence-corrected chi connectivity index (χ0v) is 11.0. The van der Waals surface area contributed by atoms with Crippen LogP contribution in [0.5, 0.6) is 0 Å². The maximum absolute atomic E-state index is 5.02. The number of nitrogens with one attached hydrogen (secondary N) is 1. The van der Waals surface area contributed by atoms with E-state index in [1.165, 1.54) is 45.2 Å². The van der Waals surface area contributed by atoms with E-state index < -0.39 is 0 Å². The Kier molecular flexibility index (Phi) is 7.81. The predicted molar refractivity (Wildman–Crippen MR) is 68.9 cm³/mol. The number of likely N-dealkylation sites (tertiary alicyclic amines) is 1. The molecule has 0 radical (unpaired) electrons. The van der Waals surface area contributed by atoms with Crippen LogP contribution in [0.15, 0.2) is 0 Å². The molecule has 3 nitrogen and oxygen atoms in total. The molecule has 1 N–H and O–H groups in total. The third-order valence-electron chi connectivity index (χ3n) is 3.53. The number of hydrogen-bond acceptors (Lipinski definition) is 3. The van der Waals surface area contributed by atoms with Crippen LogP contribution in [0.4, 0.5) is 0 Å². The number of methoxy groups -OCH3 is 1. The molecule has 0 aromatic heterocycles. The Morgan fingerprint density at radius 2 is 2.12 bits per heavy atom. The van der Waals surface area contributed by atoms with E-state index in [2.05, 4.69) is 17.1 Å². The van der Waals surface area contributed by atoms with Crippen molar-refractivity contribution >= 4 is 0 Å². The molecular formula is C13H28N2O. The molecule has 1 aliphatic rings. The third kappa shape index (κ3) is 5.28. The first-order valence-corrected chi connectivity index (χ1v) is 6.82. The van der Waals surface area contributed by atoms with Crippen LogP contribution in [0, 0.1) is 0 Å². The molecule has 1 atom stereocenters. The molecule has 16 heavy (non-hydrogen) atoms. The maximum atomic E-state index is 5.02. The minimum Gasteiger partial charge on any atom is -0.383 e. The van der Waals surface area contributed by atoms with Crippen LogP contribution in [0.2, 0.25) is 0 Å². The van der Waals surface area contributed by atoms with Gasteiger partial charge < -0.3 is 10.1 Å². The second kappa shape index (κ2) is 8.97. The van der Waals surface area contributed by atoms with Gasteiger partial charge in [0.1, 0.15) is 0 Å². The van der Waals surface area contributed by atoms with Crippen molar-refractivity contribution in [1.29, 1.82) is 0 Å². The van der Waals surface area contributed by atoms with Crippen LogP contribution >= 0.6 is 0 Å². The van der Waals surface area contributed by atoms with Gasteiger partial charge in [-0.1, -0.05) is 19.8 Å². The van der Waals surface area contributed by atoms with Gasteiger partial charge in [0.25, 0.3) is 0 Å². The van der Waals surface area contributed by atoms with E-state index in [9.17, 15) is 0 Å². The van der Waals surface area contributed by atoms with E-state index in [1.54, 1.807) is 7.11 Å². The highest BCUT2D eigenvalue weighted by atomic mass is 16.5. The van der Waals surface area contributed by atoms with Crippen molar-refractivity contribution in [2.24, 2.45) is 0 Å². The molecule has 1 unspecified atom stereocenters. The Hall–Kier alpha value is -0.120. The van der Waals surface area contributed by atoms with E-state index in [1.807, 2.05) is 0 Å². The minimum atomic E-state index is 0.817. The Bertz CT molecular complexity index is 164. The van der Waals surface area contributed by atoms with E-state index in [0.717, 1.165) is 25.7 Å². The standard InChI is InChI=1S/C13H28N2O/c1-3-13-7-5-4-6-10-15(13)11-8-14-9-12-16-2/h13-14H,3-12H2,1-2H3. The summed E-state index contributed by atoms with van der Waals surface area (Å²) < 4.78 is 5.02. The summed E-state index contributed by atoms with van der Waals surface area (Å²) in [6, 6.07) is 0.826. The van der Waals surface area contributed by atoms with Crippen molar-refractivity contribution in [3.05, 3.63) is 0 Å². The highest BCUT2D eigenvalue weighted by molar-refractivity contribution is 4.74. The lowest BCUT2D eigenvalue weighted by atomic mass is 10.1. The predicted octanol–water partition coefficient (Wildman–Crippen LogP) is 1.88. The fourth-order valence-electron chi connectivity index (χ4n) is 2.52. The van der Waals surface area contributed by atoms with Crippen molar-refractivity contribution in [3.63, 3.8) is 0 Å². The summed E-state index contributed by atoms with van der Waals surface area (Å²) in [4.78, 5) is 2.67. The first-order valence-electron chi connectivity index (χ1n) is 6.82. The van der Waals surface area contributed by atoms with Gasteiger partial charge in [-0.15, -0.1) is 0 Å². The van der Waals surface area contributed by atoms with Gasteiger partial charge in [-0.3, -0.25) is 4.90 Å². The SMILES string of the molecule is CCC1CCCCCN1CCNCCOC. The van der Waals surface area contributed by atoms with Crippen molar-refractivity contribution in [3.8, 4) is 0 Å². The van der Waals surface area contributed by atoms with Gasteiger partial charge in [0, 0.05) is 32.8 Å². The molecular weight excluding hydrogens is 200 g/mol. The molecule has 1 rings (SSSR count). The Labute approximate surface area is 101 Å². The minimum absolute atomic E-state index is 0.817. The Balaban J connectivity index is 2.15. The average Bonchev–Trinajstić information content (AvgIpc) is 2.53. The van der Waals surface area contributed by atoms with Crippen LogP contribution in [0.1, 0.15) is 39.0 Å². The molecule has 0 aromatic carbocycles. The molecule has 1 fully saturated rings. The summed E-state index contributed by atoms with van der Waals surface area (Å²) >= 11 is 0. The molecule has 0 spiro atoms. The zero-order valence-electron chi connectivity index (χ0n) is 11.0. The molecule has 96 valence electrons. The lowest BCUT2D eigenvalue weighted by Crippen LogP contribution is -2.39. The van der Waals surface area contributed by atoms with E-state index in [4.69, 9.17) is 4.74 Å². The average molecular weight is 228 g/mol. The molecule has 0 aromatic rings. The van der Waals surface area contributed by atoms with Crippen LogP contribution in [0.25, 0.3) is 0 Å². The van der Waals surface area contributed by atoms with Gasteiger partial charge in [0.05, 0.1) is 6.61 Å². The molecule has 0 saturated carbocycles. The fraction of sp³-hybridized carbons (Fsp3) is 1.00. The lowest BCUT2D eigenvalue weighted by molar-refractivity contribution is 0.182. The van der Waals surface area contributed by atoms with Gasteiger partial charge in [-0.2, -0.15) is 0 Å². The van der Waals surface area contributed by atoms with Crippen molar-refractivity contribution in [2.45, 2.75) is 45.1 Å². The number of hydrogen-bond donors (Lipinski definition) is 1. The van der Waals surface area contributed by atoms with Crippen molar-refractivity contribution in [2.75, 3.05) is 39.9 Å². The molecule has 1 heterocycles. The van der Waals surface area contributed by atoms with Gasteiger partial charge in [-0.25, -0.2) is 0 Å². The van der Waals surface area contributed by atoms with Gasteiger partial charge in [0.2, 0.25) is 0 Å². The topological polar surface area (TPSA) is 24.5 Å². The summed E-state index contributed by atoms with van der Waals surface area (Å²) in [5, 5.41) is 3.43. The summed E-state index contributed by atoms with van der Waals surface area (Å²) in [5.74, 6) is 0. The van der Waals surface area contributed by atoms with Crippen molar-refractivity contribution in [1.82, 2.24) is 10.2 Å². The number of rotatable bonds is 7. The first-order chi connectivity index (χ1) is 7.88. The van der Waals surface area contributed by atoms with Gasteiger partial charge in [-0.05, 0) is 25.8 Å².